The van der Waals surface area contributed by atoms with Crippen molar-refractivity contribution in [2.75, 3.05) is 20.6 Å². The topological polar surface area (TPSA) is 6.48 Å². The van der Waals surface area contributed by atoms with Gasteiger partial charge in [-0.15, -0.1) is 0 Å². The number of hydrogen-bond donors (Lipinski definition) is 0. The van der Waals surface area contributed by atoms with Crippen LogP contribution in [-0.4, -0.2) is 30.7 Å². The molecule has 0 aromatic rings. The van der Waals surface area contributed by atoms with Gasteiger partial charge in [-0.25, -0.2) is 5.01 Å². The summed E-state index contributed by atoms with van der Waals surface area (Å²) in [6, 6.07) is 0. The molecule has 0 aromatic heterocycles. The van der Waals surface area contributed by atoms with E-state index in [-0.39, 0.29) is 0 Å². The molecule has 1 aliphatic heterocycles. The Morgan fingerprint density at radius 1 is 1.50 bits per heavy atom. The Morgan fingerprint density at radius 3 is 2.25 bits per heavy atom. The molecule has 1 rings (SSSR count). The van der Waals surface area contributed by atoms with Gasteiger partial charge in [0.1, 0.15) is 0 Å². The molecule has 0 saturated carbocycles. The van der Waals surface area contributed by atoms with Crippen molar-refractivity contribution in [1.82, 2.24) is 10.0 Å². The van der Waals surface area contributed by atoms with Crippen LogP contribution < -0.4 is 0 Å². The van der Waals surface area contributed by atoms with Crippen molar-refractivity contribution in [3.05, 3.63) is 12.3 Å². The SMILES string of the molecule is C=C1CCN(C)N1C. The molecule has 2 nitrogen and oxygen atoms in total. The first kappa shape index (κ1) is 5.63. The molecule has 0 aromatic carbocycles. The van der Waals surface area contributed by atoms with Crippen molar-refractivity contribution in [2.24, 2.45) is 0 Å². The van der Waals surface area contributed by atoms with Crippen LogP contribution in [0.5, 0.6) is 0 Å². The molecule has 2 heteroatoms. The molecular weight excluding hydrogens is 100 g/mol. The largest absolute Gasteiger partial charge is 0.314 e. The second kappa shape index (κ2) is 1.78. The molecule has 0 radical (unpaired) electrons. The van der Waals surface area contributed by atoms with Crippen molar-refractivity contribution < 1.29 is 0 Å². The van der Waals surface area contributed by atoms with Crippen LogP contribution in [0.1, 0.15) is 6.42 Å². The highest BCUT2D eigenvalue weighted by molar-refractivity contribution is 4.95. The Morgan fingerprint density at radius 2 is 2.12 bits per heavy atom. The van der Waals surface area contributed by atoms with E-state index < -0.39 is 0 Å². The predicted octanol–water partition coefficient (Wildman–Crippen LogP) is 0.682. The van der Waals surface area contributed by atoms with Gasteiger partial charge in [-0.05, 0) is 0 Å². The van der Waals surface area contributed by atoms with E-state index in [1.54, 1.807) is 0 Å². The molecule has 0 N–H and O–H groups in total. The fourth-order valence-corrected chi connectivity index (χ4v) is 0.844. The summed E-state index contributed by atoms with van der Waals surface area (Å²) in [5, 5.41) is 4.24. The lowest BCUT2D eigenvalue weighted by molar-refractivity contribution is 0.115. The number of hydrazine groups is 1. The van der Waals surface area contributed by atoms with E-state index in [0.717, 1.165) is 13.0 Å². The van der Waals surface area contributed by atoms with E-state index in [1.165, 1.54) is 5.70 Å². The van der Waals surface area contributed by atoms with Gasteiger partial charge in [-0.2, -0.15) is 0 Å². The number of hydrogen-bond acceptors (Lipinski definition) is 2. The normalized spacial score (nSPS) is 22.8. The van der Waals surface area contributed by atoms with Gasteiger partial charge in [0.25, 0.3) is 0 Å². The van der Waals surface area contributed by atoms with Crippen molar-refractivity contribution in [2.45, 2.75) is 6.42 Å². The van der Waals surface area contributed by atoms with Gasteiger partial charge >= 0.3 is 0 Å². The van der Waals surface area contributed by atoms with E-state index in [4.69, 9.17) is 0 Å². The standard InChI is InChI=1S/C6H12N2/c1-6-4-5-7(2)8(6)3/h1,4-5H2,2-3H3. The van der Waals surface area contributed by atoms with Crippen LogP contribution in [0.25, 0.3) is 0 Å². The van der Waals surface area contributed by atoms with Gasteiger partial charge in [-0.3, -0.25) is 0 Å². The summed E-state index contributed by atoms with van der Waals surface area (Å²) in [5.74, 6) is 0. The van der Waals surface area contributed by atoms with Gasteiger partial charge in [0, 0.05) is 32.8 Å². The van der Waals surface area contributed by atoms with Crippen LogP contribution >= 0.6 is 0 Å². The summed E-state index contributed by atoms with van der Waals surface area (Å²) in [6.07, 6.45) is 1.12. The molecule has 8 heavy (non-hydrogen) atoms. The minimum atomic E-state index is 1.12. The third-order valence-electron chi connectivity index (χ3n) is 1.69. The molecule has 1 heterocycles. The molecule has 1 fully saturated rings. The summed E-state index contributed by atoms with van der Waals surface area (Å²) in [6.45, 7) is 4.99. The maximum atomic E-state index is 3.87. The molecule has 0 atom stereocenters. The van der Waals surface area contributed by atoms with Gasteiger partial charge in [-0.1, -0.05) is 6.58 Å². The Hall–Kier alpha value is -0.500. The van der Waals surface area contributed by atoms with E-state index in [9.17, 15) is 0 Å². The maximum absolute atomic E-state index is 3.87. The molecule has 1 aliphatic rings. The minimum Gasteiger partial charge on any atom is -0.314 e. The smallest absolute Gasteiger partial charge is 0.0234 e. The lowest BCUT2D eigenvalue weighted by Crippen LogP contribution is -2.27. The minimum absolute atomic E-state index is 1.12. The summed E-state index contributed by atoms with van der Waals surface area (Å²) < 4.78 is 0. The molecular formula is C6H12N2. The highest BCUT2D eigenvalue weighted by Crippen LogP contribution is 2.14. The summed E-state index contributed by atoms with van der Waals surface area (Å²) in [4.78, 5) is 0. The average molecular weight is 112 g/mol. The fraction of sp³-hybridized carbons (Fsp3) is 0.667. The van der Waals surface area contributed by atoms with E-state index in [2.05, 4.69) is 23.6 Å². The van der Waals surface area contributed by atoms with E-state index in [0.29, 0.717) is 0 Å². The third-order valence-corrected chi connectivity index (χ3v) is 1.69. The molecule has 0 bridgehead atoms. The van der Waals surface area contributed by atoms with Crippen LogP contribution in [0, 0.1) is 0 Å². The van der Waals surface area contributed by atoms with Gasteiger partial charge in [0.05, 0.1) is 0 Å². The van der Waals surface area contributed by atoms with E-state index in [1.807, 2.05) is 7.05 Å². The second-order valence-electron chi connectivity index (χ2n) is 2.22. The molecule has 46 valence electrons. The van der Waals surface area contributed by atoms with Crippen molar-refractivity contribution in [1.29, 1.82) is 0 Å². The first-order valence-electron chi connectivity index (χ1n) is 2.84. The second-order valence-corrected chi connectivity index (χ2v) is 2.22. The zero-order valence-corrected chi connectivity index (χ0v) is 5.52. The predicted molar refractivity (Wildman–Crippen MR) is 34.1 cm³/mol. The van der Waals surface area contributed by atoms with E-state index >= 15 is 0 Å². The molecule has 0 unspecified atom stereocenters. The highest BCUT2D eigenvalue weighted by atomic mass is 15.6. The lowest BCUT2D eigenvalue weighted by atomic mass is 10.4. The molecule has 0 amide bonds. The Kier molecular flexibility index (Phi) is 1.26. The van der Waals surface area contributed by atoms with Crippen LogP contribution in [0.3, 0.4) is 0 Å². The van der Waals surface area contributed by atoms with Gasteiger partial charge in [0.15, 0.2) is 0 Å². The first-order chi connectivity index (χ1) is 3.72. The van der Waals surface area contributed by atoms with Crippen molar-refractivity contribution in [3.8, 4) is 0 Å². The average Bonchev–Trinajstić information content (AvgIpc) is 1.98. The first-order valence-corrected chi connectivity index (χ1v) is 2.84. The zero-order chi connectivity index (χ0) is 6.15. The summed E-state index contributed by atoms with van der Waals surface area (Å²) in [5.41, 5.74) is 1.22. The van der Waals surface area contributed by atoms with Crippen LogP contribution in [0.4, 0.5) is 0 Å². The fourth-order valence-electron chi connectivity index (χ4n) is 0.844. The molecule has 1 saturated heterocycles. The maximum Gasteiger partial charge on any atom is 0.0234 e. The monoisotopic (exact) mass is 112 g/mol. The van der Waals surface area contributed by atoms with Crippen molar-refractivity contribution >= 4 is 0 Å². The lowest BCUT2D eigenvalue weighted by Gasteiger charge is -2.20. The Balaban J connectivity index is 2.56. The number of rotatable bonds is 0. The van der Waals surface area contributed by atoms with Crippen LogP contribution in [0.2, 0.25) is 0 Å². The van der Waals surface area contributed by atoms with Crippen LogP contribution in [-0.2, 0) is 0 Å². The zero-order valence-electron chi connectivity index (χ0n) is 5.52. The third kappa shape index (κ3) is 0.713. The number of nitrogens with zero attached hydrogens (tertiary/aromatic N) is 2. The van der Waals surface area contributed by atoms with Gasteiger partial charge < -0.3 is 5.01 Å². The van der Waals surface area contributed by atoms with Crippen molar-refractivity contribution in [3.63, 3.8) is 0 Å². The summed E-state index contributed by atoms with van der Waals surface area (Å²) >= 11 is 0. The molecule has 0 aliphatic carbocycles. The summed E-state index contributed by atoms with van der Waals surface area (Å²) in [7, 11) is 4.10. The van der Waals surface area contributed by atoms with Gasteiger partial charge in [0.2, 0.25) is 0 Å². The van der Waals surface area contributed by atoms with Crippen LogP contribution in [0.15, 0.2) is 12.3 Å². The Bertz CT molecular complexity index is 109. The molecule has 0 spiro atoms. The quantitative estimate of drug-likeness (QED) is 0.454. The highest BCUT2D eigenvalue weighted by Gasteiger charge is 2.15. The Labute approximate surface area is 50.4 Å².